The number of aliphatic hydroxyl groups is 1. The quantitative estimate of drug-likeness (QED) is 0.791. The van der Waals surface area contributed by atoms with Gasteiger partial charge < -0.3 is 15.2 Å². The van der Waals surface area contributed by atoms with Crippen LogP contribution in [-0.2, 0) is 16.2 Å². The lowest BCUT2D eigenvalue weighted by Gasteiger charge is -2.06. The van der Waals surface area contributed by atoms with Crippen molar-refractivity contribution >= 4 is 17.4 Å². The predicted octanol–water partition coefficient (Wildman–Crippen LogP) is 1.88. The summed E-state index contributed by atoms with van der Waals surface area (Å²) in [6.45, 7) is 1.47. The molecule has 0 saturated heterocycles. The van der Waals surface area contributed by atoms with Crippen molar-refractivity contribution in [3.05, 3.63) is 29.8 Å². The highest BCUT2D eigenvalue weighted by molar-refractivity contribution is 5.91. The Bertz CT molecular complexity index is 401. The Morgan fingerprint density at radius 1 is 1.29 bits per heavy atom. The first-order valence-corrected chi connectivity index (χ1v) is 5.61. The first-order valence-electron chi connectivity index (χ1n) is 5.61. The van der Waals surface area contributed by atoms with Crippen LogP contribution < -0.4 is 5.32 Å². The second kappa shape index (κ2) is 6.81. The summed E-state index contributed by atoms with van der Waals surface area (Å²) in [5.41, 5.74) is 1.43. The van der Waals surface area contributed by atoms with Crippen molar-refractivity contribution in [2.24, 2.45) is 0 Å². The summed E-state index contributed by atoms with van der Waals surface area (Å²) in [5.74, 6) is -0.0126. The molecule has 92 valence electrons. The molecule has 0 aromatic heterocycles. The number of nitrogens with one attached hydrogen (secondary N) is 1. The first-order chi connectivity index (χ1) is 8.11. The zero-order chi connectivity index (χ0) is 12.7. The van der Waals surface area contributed by atoms with Crippen LogP contribution in [0.3, 0.4) is 0 Å². The van der Waals surface area contributed by atoms with E-state index in [2.05, 4.69) is 5.32 Å². The van der Waals surface area contributed by atoms with Crippen LogP contribution in [0.25, 0.3) is 0 Å². The number of ketones is 1. The minimum Gasteiger partial charge on any atom is -0.392 e. The summed E-state index contributed by atoms with van der Waals surface area (Å²) >= 11 is 0. The van der Waals surface area contributed by atoms with Gasteiger partial charge in [-0.05, 0) is 31.0 Å². The standard InChI is InChI=1S/C13H17NO3/c1-10(16)4-2-7-13(17)14-12-6-3-5-11(8-12)9-15/h3,5-6,8,15H,2,4,7,9H2,1H3,(H,14,17). The molecule has 0 bridgehead atoms. The van der Waals surface area contributed by atoms with E-state index in [0.717, 1.165) is 5.56 Å². The normalized spacial score (nSPS) is 10.0. The topological polar surface area (TPSA) is 66.4 Å². The molecule has 0 heterocycles. The lowest BCUT2D eigenvalue weighted by atomic mass is 10.1. The Kier molecular flexibility index (Phi) is 5.36. The zero-order valence-electron chi connectivity index (χ0n) is 9.90. The van der Waals surface area contributed by atoms with Crippen molar-refractivity contribution in [3.8, 4) is 0 Å². The molecule has 4 heteroatoms. The van der Waals surface area contributed by atoms with Gasteiger partial charge in [-0.1, -0.05) is 12.1 Å². The van der Waals surface area contributed by atoms with Crippen LogP contribution >= 0.6 is 0 Å². The molecular weight excluding hydrogens is 218 g/mol. The number of Topliss-reactive ketones (excluding diaryl/α,β-unsaturated/α-hetero) is 1. The molecule has 0 unspecified atom stereocenters. The molecule has 0 aliphatic heterocycles. The number of carbonyl (C=O) groups excluding carboxylic acids is 2. The molecule has 0 saturated carbocycles. The molecule has 4 nitrogen and oxygen atoms in total. The second-order valence-electron chi connectivity index (χ2n) is 3.96. The fraction of sp³-hybridized carbons (Fsp3) is 0.385. The van der Waals surface area contributed by atoms with Crippen molar-refractivity contribution in [1.29, 1.82) is 0 Å². The molecule has 0 aliphatic rings. The number of carbonyl (C=O) groups is 2. The largest absolute Gasteiger partial charge is 0.392 e. The molecular formula is C13H17NO3. The van der Waals surface area contributed by atoms with Crippen LogP contribution in [0.1, 0.15) is 31.7 Å². The molecule has 1 amide bonds. The fourth-order valence-electron chi connectivity index (χ4n) is 1.47. The third kappa shape index (κ3) is 5.26. The van der Waals surface area contributed by atoms with Crippen LogP contribution in [0, 0.1) is 0 Å². The lowest BCUT2D eigenvalue weighted by Crippen LogP contribution is -2.11. The van der Waals surface area contributed by atoms with Gasteiger partial charge in [-0.3, -0.25) is 4.79 Å². The van der Waals surface area contributed by atoms with E-state index in [0.29, 0.717) is 24.9 Å². The smallest absolute Gasteiger partial charge is 0.224 e. The summed E-state index contributed by atoms with van der Waals surface area (Å²) < 4.78 is 0. The van der Waals surface area contributed by atoms with Gasteiger partial charge in [0, 0.05) is 18.5 Å². The van der Waals surface area contributed by atoms with Crippen molar-refractivity contribution in [2.75, 3.05) is 5.32 Å². The van der Waals surface area contributed by atoms with Crippen molar-refractivity contribution in [2.45, 2.75) is 32.8 Å². The Morgan fingerprint density at radius 2 is 2.06 bits per heavy atom. The molecule has 0 fully saturated rings. The number of anilines is 1. The molecule has 1 aromatic carbocycles. The average molecular weight is 235 g/mol. The number of rotatable bonds is 6. The summed E-state index contributed by atoms with van der Waals surface area (Å²) in [5, 5.41) is 11.7. The third-order valence-corrected chi connectivity index (χ3v) is 2.33. The predicted molar refractivity (Wildman–Crippen MR) is 65.5 cm³/mol. The number of benzene rings is 1. The Balaban J connectivity index is 2.42. The van der Waals surface area contributed by atoms with Crippen molar-refractivity contribution < 1.29 is 14.7 Å². The highest BCUT2D eigenvalue weighted by Gasteiger charge is 2.03. The highest BCUT2D eigenvalue weighted by Crippen LogP contribution is 2.11. The summed E-state index contributed by atoms with van der Waals surface area (Å²) in [6, 6.07) is 7.05. The van der Waals surface area contributed by atoms with Crippen molar-refractivity contribution in [3.63, 3.8) is 0 Å². The van der Waals surface area contributed by atoms with Gasteiger partial charge in [-0.25, -0.2) is 0 Å². The minimum atomic E-state index is -0.110. The van der Waals surface area contributed by atoms with E-state index >= 15 is 0 Å². The van der Waals surface area contributed by atoms with Gasteiger partial charge in [0.25, 0.3) is 0 Å². The molecule has 0 radical (unpaired) electrons. The van der Waals surface area contributed by atoms with Gasteiger partial charge in [-0.15, -0.1) is 0 Å². The Morgan fingerprint density at radius 3 is 2.71 bits per heavy atom. The molecule has 2 N–H and O–H groups in total. The van der Waals surface area contributed by atoms with Crippen LogP contribution in [0.2, 0.25) is 0 Å². The third-order valence-electron chi connectivity index (χ3n) is 2.33. The zero-order valence-corrected chi connectivity index (χ0v) is 9.90. The van der Waals surface area contributed by atoms with Gasteiger partial charge in [0.15, 0.2) is 0 Å². The maximum atomic E-state index is 11.5. The van der Waals surface area contributed by atoms with Crippen LogP contribution in [0.15, 0.2) is 24.3 Å². The molecule has 1 rings (SSSR count). The van der Waals surface area contributed by atoms with E-state index in [1.165, 1.54) is 6.92 Å². The van der Waals surface area contributed by atoms with Gasteiger partial charge in [0.05, 0.1) is 6.61 Å². The van der Waals surface area contributed by atoms with E-state index in [1.807, 2.05) is 0 Å². The van der Waals surface area contributed by atoms with Gasteiger partial charge in [-0.2, -0.15) is 0 Å². The summed E-state index contributed by atoms with van der Waals surface area (Å²) in [7, 11) is 0. The number of aliphatic hydroxyl groups excluding tert-OH is 1. The monoisotopic (exact) mass is 235 g/mol. The maximum absolute atomic E-state index is 11.5. The molecule has 17 heavy (non-hydrogen) atoms. The van der Waals surface area contributed by atoms with Gasteiger partial charge in [0.1, 0.15) is 5.78 Å². The fourth-order valence-corrected chi connectivity index (χ4v) is 1.47. The SMILES string of the molecule is CC(=O)CCCC(=O)Nc1cccc(CO)c1. The minimum absolute atomic E-state index is 0.0476. The maximum Gasteiger partial charge on any atom is 0.224 e. The number of amides is 1. The molecule has 0 spiro atoms. The van der Waals surface area contributed by atoms with Crippen molar-refractivity contribution in [1.82, 2.24) is 0 Å². The average Bonchev–Trinajstić information content (AvgIpc) is 2.28. The van der Waals surface area contributed by atoms with E-state index in [9.17, 15) is 9.59 Å². The highest BCUT2D eigenvalue weighted by atomic mass is 16.3. The second-order valence-corrected chi connectivity index (χ2v) is 3.96. The van der Waals surface area contributed by atoms with Gasteiger partial charge in [0.2, 0.25) is 5.91 Å². The van der Waals surface area contributed by atoms with Crippen LogP contribution in [0.4, 0.5) is 5.69 Å². The van der Waals surface area contributed by atoms with Crippen LogP contribution in [-0.4, -0.2) is 16.8 Å². The van der Waals surface area contributed by atoms with E-state index in [-0.39, 0.29) is 18.3 Å². The number of hydrogen-bond donors (Lipinski definition) is 2. The summed E-state index contributed by atoms with van der Waals surface area (Å²) in [4.78, 5) is 22.2. The lowest BCUT2D eigenvalue weighted by molar-refractivity contribution is -0.117. The molecule has 1 aromatic rings. The Hall–Kier alpha value is -1.68. The first kappa shape index (κ1) is 13.4. The van der Waals surface area contributed by atoms with E-state index < -0.39 is 0 Å². The Labute approximate surface area is 101 Å². The summed E-state index contributed by atoms with van der Waals surface area (Å²) in [6.07, 6.45) is 1.34. The molecule has 0 atom stereocenters. The van der Waals surface area contributed by atoms with E-state index in [1.54, 1.807) is 24.3 Å². The van der Waals surface area contributed by atoms with E-state index in [4.69, 9.17) is 5.11 Å². The van der Waals surface area contributed by atoms with Gasteiger partial charge >= 0.3 is 0 Å². The molecule has 0 aliphatic carbocycles. The van der Waals surface area contributed by atoms with Crippen LogP contribution in [0.5, 0.6) is 0 Å². The number of hydrogen-bond acceptors (Lipinski definition) is 3.